The van der Waals surface area contributed by atoms with Gasteiger partial charge in [0.1, 0.15) is 0 Å². The molecule has 0 unspecified atom stereocenters. The molecular weight excluding hydrogens is 358 g/mol. The highest BCUT2D eigenvalue weighted by Crippen LogP contribution is 2.20. The van der Waals surface area contributed by atoms with E-state index in [0.717, 1.165) is 12.3 Å². The number of hydrogen-bond acceptors (Lipinski definition) is 6. The summed E-state index contributed by atoms with van der Waals surface area (Å²) in [5.41, 5.74) is -0.292. The monoisotopic (exact) mass is 377 g/mol. The van der Waals surface area contributed by atoms with Crippen molar-refractivity contribution in [3.8, 4) is 0 Å². The number of nitrogens with one attached hydrogen (secondary N) is 1. The predicted molar refractivity (Wildman–Crippen MR) is 87.4 cm³/mol. The molecule has 24 heavy (non-hydrogen) atoms. The van der Waals surface area contributed by atoms with E-state index >= 15 is 0 Å². The third-order valence-electron chi connectivity index (χ3n) is 3.94. The molecule has 0 spiro atoms. The number of hydrogen-bond donors (Lipinski definition) is 1. The van der Waals surface area contributed by atoms with Crippen LogP contribution in [0.2, 0.25) is 0 Å². The Morgan fingerprint density at radius 1 is 1.25 bits per heavy atom. The van der Waals surface area contributed by atoms with Gasteiger partial charge in [-0.25, -0.2) is 25.9 Å². The number of nitro groups is 1. The Hall–Kier alpha value is -1.56. The van der Waals surface area contributed by atoms with Gasteiger partial charge in [-0.2, -0.15) is 0 Å². The van der Waals surface area contributed by atoms with Crippen LogP contribution in [0.1, 0.15) is 12.8 Å². The quantitative estimate of drug-likeness (QED) is 0.569. The van der Waals surface area contributed by atoms with Crippen molar-refractivity contribution in [2.45, 2.75) is 17.7 Å². The number of non-ortho nitro benzene ring substituents is 1. The molecule has 0 bridgehead atoms. The molecule has 2 rings (SSSR count). The fourth-order valence-electron chi connectivity index (χ4n) is 2.52. The van der Waals surface area contributed by atoms with Crippen LogP contribution in [-0.4, -0.2) is 52.0 Å². The van der Waals surface area contributed by atoms with Crippen LogP contribution in [0, 0.1) is 16.0 Å². The first-order valence-corrected chi connectivity index (χ1v) is 10.6. The predicted octanol–water partition coefficient (Wildman–Crippen LogP) is 0.545. The maximum absolute atomic E-state index is 12.2. The molecule has 0 aliphatic carbocycles. The summed E-state index contributed by atoms with van der Waals surface area (Å²) in [5, 5.41) is 10.7. The molecule has 1 N–H and O–H groups in total. The molecule has 9 nitrogen and oxygen atoms in total. The molecule has 1 saturated heterocycles. The van der Waals surface area contributed by atoms with E-state index in [1.165, 1.54) is 22.5 Å². The lowest BCUT2D eigenvalue weighted by molar-refractivity contribution is -0.385. The summed E-state index contributed by atoms with van der Waals surface area (Å²) in [7, 11) is -7.06. The summed E-state index contributed by atoms with van der Waals surface area (Å²) < 4.78 is 51.2. The number of nitro benzene ring substituents is 1. The zero-order chi connectivity index (χ0) is 18.0. The Bertz CT molecular complexity index is 814. The fraction of sp³-hybridized carbons (Fsp3) is 0.538. The van der Waals surface area contributed by atoms with Gasteiger partial charge < -0.3 is 0 Å². The van der Waals surface area contributed by atoms with Crippen molar-refractivity contribution >= 4 is 25.7 Å². The van der Waals surface area contributed by atoms with Gasteiger partial charge in [0.25, 0.3) is 5.69 Å². The minimum Gasteiger partial charge on any atom is -0.258 e. The van der Waals surface area contributed by atoms with Gasteiger partial charge in [-0.3, -0.25) is 10.1 Å². The second-order valence-corrected chi connectivity index (χ2v) is 9.46. The molecule has 1 aromatic carbocycles. The average Bonchev–Trinajstić information content (AvgIpc) is 2.53. The van der Waals surface area contributed by atoms with E-state index < -0.39 is 25.0 Å². The zero-order valence-electron chi connectivity index (χ0n) is 13.1. The number of rotatable bonds is 6. The molecule has 1 heterocycles. The Kier molecular flexibility index (Phi) is 5.58. The van der Waals surface area contributed by atoms with Gasteiger partial charge in [0.15, 0.2) is 0 Å². The highest BCUT2D eigenvalue weighted by atomic mass is 32.2. The van der Waals surface area contributed by atoms with Gasteiger partial charge in [-0.05, 0) is 24.8 Å². The van der Waals surface area contributed by atoms with Crippen molar-refractivity contribution in [1.82, 2.24) is 9.03 Å². The SMILES string of the molecule is CS(=O)(=O)N1CCC(CNS(=O)(=O)c2cccc([N+](=O)[O-])c2)CC1. The minimum atomic E-state index is -3.84. The van der Waals surface area contributed by atoms with Crippen molar-refractivity contribution in [2.75, 3.05) is 25.9 Å². The lowest BCUT2D eigenvalue weighted by Crippen LogP contribution is -2.41. The summed E-state index contributed by atoms with van der Waals surface area (Å²) in [6.45, 7) is 0.896. The molecule has 1 fully saturated rings. The smallest absolute Gasteiger partial charge is 0.258 e. The van der Waals surface area contributed by atoms with E-state index in [2.05, 4.69) is 4.72 Å². The fourth-order valence-corrected chi connectivity index (χ4v) is 4.55. The van der Waals surface area contributed by atoms with Gasteiger partial charge in [0.2, 0.25) is 20.0 Å². The molecule has 1 aliphatic rings. The van der Waals surface area contributed by atoms with Crippen molar-refractivity contribution in [1.29, 1.82) is 0 Å². The van der Waals surface area contributed by atoms with Crippen LogP contribution in [0.3, 0.4) is 0 Å². The molecule has 0 radical (unpaired) electrons. The van der Waals surface area contributed by atoms with E-state index in [-0.39, 0.29) is 23.0 Å². The molecule has 134 valence electrons. The van der Waals surface area contributed by atoms with Gasteiger partial charge in [-0.1, -0.05) is 6.07 Å². The summed E-state index contributed by atoms with van der Waals surface area (Å²) in [6, 6.07) is 4.84. The first-order chi connectivity index (χ1) is 11.1. The van der Waals surface area contributed by atoms with Crippen LogP contribution in [0.25, 0.3) is 0 Å². The molecule has 11 heteroatoms. The largest absolute Gasteiger partial charge is 0.270 e. The number of piperidine rings is 1. The van der Waals surface area contributed by atoms with Crippen molar-refractivity contribution in [3.63, 3.8) is 0 Å². The average molecular weight is 377 g/mol. The molecule has 0 aromatic heterocycles. The molecule has 1 aromatic rings. The maximum atomic E-state index is 12.2. The van der Waals surface area contributed by atoms with Crippen molar-refractivity contribution in [2.24, 2.45) is 5.92 Å². The van der Waals surface area contributed by atoms with E-state index in [9.17, 15) is 26.9 Å². The Balaban J connectivity index is 1.97. The Morgan fingerprint density at radius 2 is 1.88 bits per heavy atom. The summed E-state index contributed by atoms with van der Waals surface area (Å²) in [5.74, 6) is 0.0245. The van der Waals surface area contributed by atoms with Crippen LogP contribution in [0.15, 0.2) is 29.2 Å². The summed E-state index contributed by atoms with van der Waals surface area (Å²) >= 11 is 0. The van der Waals surface area contributed by atoms with E-state index in [1.54, 1.807) is 0 Å². The van der Waals surface area contributed by atoms with Crippen LogP contribution >= 0.6 is 0 Å². The molecular formula is C13H19N3O6S2. The lowest BCUT2D eigenvalue weighted by atomic mass is 9.99. The molecule has 0 amide bonds. The molecule has 0 saturated carbocycles. The van der Waals surface area contributed by atoms with Crippen LogP contribution < -0.4 is 4.72 Å². The maximum Gasteiger partial charge on any atom is 0.270 e. The normalized spacial score (nSPS) is 17.7. The van der Waals surface area contributed by atoms with Gasteiger partial charge in [0.05, 0.1) is 16.1 Å². The third kappa shape index (κ3) is 4.72. The molecule has 1 aliphatic heterocycles. The van der Waals surface area contributed by atoms with Crippen LogP contribution in [0.4, 0.5) is 5.69 Å². The van der Waals surface area contributed by atoms with Gasteiger partial charge in [-0.15, -0.1) is 0 Å². The Labute approximate surface area is 140 Å². The van der Waals surface area contributed by atoms with E-state index in [4.69, 9.17) is 0 Å². The third-order valence-corrected chi connectivity index (χ3v) is 6.67. The highest BCUT2D eigenvalue weighted by Gasteiger charge is 2.26. The van der Waals surface area contributed by atoms with Gasteiger partial charge in [0, 0.05) is 31.8 Å². The van der Waals surface area contributed by atoms with Crippen LogP contribution in [0.5, 0.6) is 0 Å². The van der Waals surface area contributed by atoms with Gasteiger partial charge >= 0.3 is 0 Å². The second-order valence-electron chi connectivity index (χ2n) is 5.71. The highest BCUT2D eigenvalue weighted by molar-refractivity contribution is 7.89. The minimum absolute atomic E-state index is 0.0245. The van der Waals surface area contributed by atoms with Crippen LogP contribution in [-0.2, 0) is 20.0 Å². The zero-order valence-corrected chi connectivity index (χ0v) is 14.7. The van der Waals surface area contributed by atoms with Crippen molar-refractivity contribution in [3.05, 3.63) is 34.4 Å². The number of benzene rings is 1. The number of nitrogens with zero attached hydrogens (tertiary/aromatic N) is 2. The topological polar surface area (TPSA) is 127 Å². The standard InChI is InChI=1S/C13H19N3O6S2/c1-23(19,20)15-7-5-11(6-8-15)10-14-24(21,22)13-4-2-3-12(9-13)16(17)18/h2-4,9,11,14H,5-8,10H2,1H3. The first-order valence-electron chi connectivity index (χ1n) is 7.29. The number of sulfonamides is 2. The van der Waals surface area contributed by atoms with Crippen molar-refractivity contribution < 1.29 is 21.8 Å². The second kappa shape index (κ2) is 7.13. The van der Waals surface area contributed by atoms with E-state index in [0.29, 0.717) is 25.9 Å². The Morgan fingerprint density at radius 3 is 2.42 bits per heavy atom. The summed E-state index contributed by atoms with van der Waals surface area (Å²) in [6.07, 6.45) is 2.27. The lowest BCUT2D eigenvalue weighted by Gasteiger charge is -2.30. The summed E-state index contributed by atoms with van der Waals surface area (Å²) in [4.78, 5) is 9.92. The van der Waals surface area contributed by atoms with E-state index in [1.807, 2.05) is 0 Å². The first kappa shape index (κ1) is 18.8. The molecule has 0 atom stereocenters.